The molecule has 0 amide bonds. The highest BCUT2D eigenvalue weighted by atomic mass is 16.6. The number of nitrogen functional groups attached to an aromatic ring is 1. The second-order valence-electron chi connectivity index (χ2n) is 5.04. The van der Waals surface area contributed by atoms with Crippen LogP contribution in [0.1, 0.15) is 19.3 Å². The van der Waals surface area contributed by atoms with E-state index in [1.807, 2.05) is 4.90 Å². The minimum Gasteiger partial charge on any atom is -0.378 e. The van der Waals surface area contributed by atoms with Crippen LogP contribution in [0.4, 0.5) is 17.3 Å². The normalized spacial score (nSPS) is 26.3. The van der Waals surface area contributed by atoms with E-state index in [-0.39, 0.29) is 11.5 Å². The first kappa shape index (κ1) is 11.2. The van der Waals surface area contributed by atoms with Gasteiger partial charge < -0.3 is 10.6 Å². The number of nitrogens with two attached hydrogens (primary N) is 1. The number of rotatable bonds is 2. The Morgan fingerprint density at radius 1 is 1.33 bits per heavy atom. The molecule has 0 bridgehead atoms. The average molecular weight is 249 g/mol. The Labute approximate surface area is 104 Å². The molecule has 18 heavy (non-hydrogen) atoms. The molecule has 1 aromatic rings. The van der Waals surface area contributed by atoms with E-state index in [9.17, 15) is 10.1 Å². The Bertz CT molecular complexity index is 480. The summed E-state index contributed by atoms with van der Waals surface area (Å²) in [5.41, 5.74) is 5.43. The van der Waals surface area contributed by atoms with Crippen LogP contribution in [-0.4, -0.2) is 28.0 Å². The lowest BCUT2D eigenvalue weighted by atomic mass is 10.0. The van der Waals surface area contributed by atoms with E-state index in [1.165, 1.54) is 25.6 Å². The summed E-state index contributed by atoms with van der Waals surface area (Å²) in [6, 6.07) is 0. The van der Waals surface area contributed by atoms with Crippen molar-refractivity contribution in [2.45, 2.75) is 19.3 Å². The predicted octanol–water partition coefficient (Wildman–Crippen LogP) is 1.20. The Kier molecular flexibility index (Phi) is 2.53. The van der Waals surface area contributed by atoms with E-state index in [0.717, 1.165) is 13.1 Å². The van der Waals surface area contributed by atoms with Crippen LogP contribution in [0.5, 0.6) is 0 Å². The first-order valence-corrected chi connectivity index (χ1v) is 6.16. The number of hydrogen-bond donors (Lipinski definition) is 1. The lowest BCUT2D eigenvalue weighted by molar-refractivity contribution is -0.383. The van der Waals surface area contributed by atoms with E-state index >= 15 is 0 Å². The van der Waals surface area contributed by atoms with Crippen LogP contribution in [0.2, 0.25) is 0 Å². The number of nitro groups is 1. The van der Waals surface area contributed by atoms with Gasteiger partial charge in [0, 0.05) is 13.1 Å². The summed E-state index contributed by atoms with van der Waals surface area (Å²) >= 11 is 0. The van der Waals surface area contributed by atoms with Gasteiger partial charge in [0.25, 0.3) is 0 Å². The monoisotopic (exact) mass is 249 g/mol. The molecule has 1 saturated heterocycles. The van der Waals surface area contributed by atoms with Gasteiger partial charge in [-0.05, 0) is 24.7 Å². The number of aromatic nitrogens is 2. The van der Waals surface area contributed by atoms with Gasteiger partial charge in [-0.1, -0.05) is 6.42 Å². The summed E-state index contributed by atoms with van der Waals surface area (Å²) in [4.78, 5) is 20.3. The smallest absolute Gasteiger partial charge is 0.353 e. The SMILES string of the molecule is Nc1ncnc(N2CC3CCCC3C2)c1[N+](=O)[O-]. The second-order valence-corrected chi connectivity index (χ2v) is 5.04. The molecule has 2 heterocycles. The molecular formula is C11H15N5O2. The van der Waals surface area contributed by atoms with Gasteiger partial charge in [0.2, 0.25) is 11.6 Å². The van der Waals surface area contributed by atoms with Crippen LogP contribution in [0.3, 0.4) is 0 Å². The molecular weight excluding hydrogens is 234 g/mol. The molecule has 1 aliphatic carbocycles. The van der Waals surface area contributed by atoms with Crippen molar-refractivity contribution in [1.29, 1.82) is 0 Å². The van der Waals surface area contributed by atoms with Crippen LogP contribution in [-0.2, 0) is 0 Å². The molecule has 2 aliphatic rings. The van der Waals surface area contributed by atoms with Crippen molar-refractivity contribution in [1.82, 2.24) is 9.97 Å². The van der Waals surface area contributed by atoms with Crippen molar-refractivity contribution in [3.63, 3.8) is 0 Å². The van der Waals surface area contributed by atoms with Crippen molar-refractivity contribution in [3.05, 3.63) is 16.4 Å². The zero-order valence-electron chi connectivity index (χ0n) is 9.95. The molecule has 2 unspecified atom stereocenters. The molecule has 7 nitrogen and oxygen atoms in total. The first-order chi connectivity index (χ1) is 8.66. The first-order valence-electron chi connectivity index (χ1n) is 6.16. The Hall–Kier alpha value is -1.92. The van der Waals surface area contributed by atoms with E-state index < -0.39 is 4.92 Å². The maximum atomic E-state index is 11.1. The lowest BCUT2D eigenvalue weighted by Gasteiger charge is -2.18. The van der Waals surface area contributed by atoms with Gasteiger partial charge in [-0.3, -0.25) is 10.1 Å². The topological polar surface area (TPSA) is 98.2 Å². The molecule has 0 spiro atoms. The van der Waals surface area contributed by atoms with Crippen molar-refractivity contribution >= 4 is 17.3 Å². The fourth-order valence-corrected chi connectivity index (χ4v) is 3.20. The third-order valence-corrected chi connectivity index (χ3v) is 4.04. The predicted molar refractivity (Wildman–Crippen MR) is 66.1 cm³/mol. The largest absolute Gasteiger partial charge is 0.378 e. The van der Waals surface area contributed by atoms with Gasteiger partial charge in [0.05, 0.1) is 4.92 Å². The van der Waals surface area contributed by atoms with Crippen molar-refractivity contribution in [2.24, 2.45) is 11.8 Å². The Balaban J connectivity index is 1.93. The maximum absolute atomic E-state index is 11.1. The van der Waals surface area contributed by atoms with E-state index in [2.05, 4.69) is 9.97 Å². The van der Waals surface area contributed by atoms with Crippen LogP contribution in [0, 0.1) is 22.0 Å². The molecule has 1 aromatic heterocycles. The summed E-state index contributed by atoms with van der Waals surface area (Å²) in [6.45, 7) is 1.70. The van der Waals surface area contributed by atoms with Gasteiger partial charge in [-0.2, -0.15) is 0 Å². The number of nitrogens with zero attached hydrogens (tertiary/aromatic N) is 4. The van der Waals surface area contributed by atoms with Gasteiger partial charge in [-0.15, -0.1) is 0 Å². The highest BCUT2D eigenvalue weighted by Crippen LogP contribution is 2.41. The third kappa shape index (κ3) is 1.66. The molecule has 2 N–H and O–H groups in total. The zero-order valence-corrected chi connectivity index (χ0v) is 9.95. The summed E-state index contributed by atoms with van der Waals surface area (Å²) < 4.78 is 0. The van der Waals surface area contributed by atoms with Gasteiger partial charge in [0.1, 0.15) is 6.33 Å². The summed E-state index contributed by atoms with van der Waals surface area (Å²) in [7, 11) is 0. The molecule has 3 rings (SSSR count). The highest BCUT2D eigenvalue weighted by Gasteiger charge is 2.39. The molecule has 0 radical (unpaired) electrons. The number of hydrogen-bond acceptors (Lipinski definition) is 6. The van der Waals surface area contributed by atoms with Crippen LogP contribution >= 0.6 is 0 Å². The Morgan fingerprint density at radius 3 is 2.61 bits per heavy atom. The quantitative estimate of drug-likeness (QED) is 0.624. The van der Waals surface area contributed by atoms with Gasteiger partial charge >= 0.3 is 5.69 Å². The Morgan fingerprint density at radius 2 is 2.00 bits per heavy atom. The zero-order chi connectivity index (χ0) is 12.7. The lowest BCUT2D eigenvalue weighted by Crippen LogP contribution is -2.23. The molecule has 2 atom stereocenters. The number of fused-ring (bicyclic) bond motifs is 1. The summed E-state index contributed by atoms with van der Waals surface area (Å²) in [6.07, 6.45) is 5.01. The van der Waals surface area contributed by atoms with Crippen molar-refractivity contribution in [3.8, 4) is 0 Å². The standard InChI is InChI=1S/C11H15N5O2/c12-10-9(16(17)18)11(14-6-13-10)15-4-7-2-1-3-8(7)5-15/h6-8H,1-5H2,(H2,12,13,14). The summed E-state index contributed by atoms with van der Waals surface area (Å²) in [5.74, 6) is 1.63. The van der Waals surface area contributed by atoms with Gasteiger partial charge in [-0.25, -0.2) is 9.97 Å². The van der Waals surface area contributed by atoms with Crippen LogP contribution < -0.4 is 10.6 Å². The van der Waals surface area contributed by atoms with Crippen LogP contribution in [0.15, 0.2) is 6.33 Å². The van der Waals surface area contributed by atoms with Crippen molar-refractivity contribution < 1.29 is 4.92 Å². The average Bonchev–Trinajstić information content (AvgIpc) is 2.87. The van der Waals surface area contributed by atoms with Crippen molar-refractivity contribution in [2.75, 3.05) is 23.7 Å². The molecule has 96 valence electrons. The van der Waals surface area contributed by atoms with Crippen LogP contribution in [0.25, 0.3) is 0 Å². The molecule has 2 fully saturated rings. The highest BCUT2D eigenvalue weighted by molar-refractivity contribution is 5.68. The minimum atomic E-state index is -0.487. The van der Waals surface area contributed by atoms with Gasteiger partial charge in [0.15, 0.2) is 0 Å². The second kappa shape index (κ2) is 4.08. The molecule has 1 aliphatic heterocycles. The minimum absolute atomic E-state index is 0.0536. The molecule has 1 saturated carbocycles. The fourth-order valence-electron chi connectivity index (χ4n) is 3.20. The van der Waals surface area contributed by atoms with E-state index in [0.29, 0.717) is 17.7 Å². The van der Waals surface area contributed by atoms with E-state index in [4.69, 9.17) is 5.73 Å². The third-order valence-electron chi connectivity index (χ3n) is 4.04. The molecule has 7 heteroatoms. The maximum Gasteiger partial charge on any atom is 0.353 e. The molecule has 0 aromatic carbocycles. The summed E-state index contributed by atoms with van der Waals surface area (Å²) in [5, 5.41) is 11.1. The number of anilines is 2. The van der Waals surface area contributed by atoms with E-state index in [1.54, 1.807) is 0 Å². The fraction of sp³-hybridized carbons (Fsp3) is 0.636.